The number of nitrogens with two attached hydrogens (primary N) is 1. The first kappa shape index (κ1) is 15.5. The van der Waals surface area contributed by atoms with Gasteiger partial charge in [0.25, 0.3) is 5.56 Å². The zero-order valence-corrected chi connectivity index (χ0v) is 12.8. The Hall–Kier alpha value is -2.84. The molecular weight excluding hydrogens is 355 g/mol. The zero-order chi connectivity index (χ0) is 16.4. The van der Waals surface area contributed by atoms with Crippen LogP contribution in [0.1, 0.15) is 11.1 Å². The maximum Gasteiger partial charge on any atom is 0.268 e. The highest BCUT2D eigenvalue weighted by molar-refractivity contribution is 9.10. The Morgan fingerprint density at radius 1 is 1.27 bits per heavy atom. The molecular formula is C14H8BrFN4O2. The summed E-state index contributed by atoms with van der Waals surface area (Å²) in [5.74, 6) is -0.702. The van der Waals surface area contributed by atoms with Crippen LogP contribution >= 0.6 is 15.9 Å². The van der Waals surface area contributed by atoms with Crippen molar-refractivity contribution in [3.63, 3.8) is 0 Å². The van der Waals surface area contributed by atoms with E-state index in [0.717, 1.165) is 12.1 Å². The second-order valence-corrected chi connectivity index (χ2v) is 5.04. The van der Waals surface area contributed by atoms with E-state index in [2.05, 4.69) is 20.9 Å². The summed E-state index contributed by atoms with van der Waals surface area (Å²) in [5, 5.41) is 18.5. The van der Waals surface area contributed by atoms with Gasteiger partial charge >= 0.3 is 0 Å². The Balaban J connectivity index is 3.06. The molecule has 1 aromatic carbocycles. The smallest absolute Gasteiger partial charge is 0.268 e. The van der Waals surface area contributed by atoms with Crippen molar-refractivity contribution in [1.82, 2.24) is 4.98 Å². The standard InChI is InChI=1S/C14H8BrFN4O2/c1-22-10-3-6(16)2-9(15)12(10)11-7(4-17)13(19)20-14(21)8(11)5-18/h2-3H,1H3,(H3,19,20,21). The van der Waals surface area contributed by atoms with Gasteiger partial charge in [-0.3, -0.25) is 4.79 Å². The first-order valence-corrected chi connectivity index (χ1v) is 6.63. The molecule has 3 N–H and O–H groups in total. The largest absolute Gasteiger partial charge is 0.496 e. The number of nitrogen functional groups attached to an aromatic ring is 1. The van der Waals surface area contributed by atoms with Gasteiger partial charge in [0.15, 0.2) is 0 Å². The molecule has 0 aliphatic heterocycles. The molecule has 0 aliphatic carbocycles. The van der Waals surface area contributed by atoms with Crippen LogP contribution < -0.4 is 16.0 Å². The van der Waals surface area contributed by atoms with Gasteiger partial charge in [-0.1, -0.05) is 0 Å². The normalized spacial score (nSPS) is 9.86. The lowest BCUT2D eigenvalue weighted by molar-refractivity contribution is 0.412. The van der Waals surface area contributed by atoms with Gasteiger partial charge < -0.3 is 15.5 Å². The van der Waals surface area contributed by atoms with Gasteiger partial charge in [-0.05, 0) is 22.0 Å². The van der Waals surface area contributed by atoms with Crippen molar-refractivity contribution in [3.05, 3.63) is 43.9 Å². The first-order chi connectivity index (χ1) is 10.4. The van der Waals surface area contributed by atoms with E-state index < -0.39 is 11.4 Å². The number of halogens is 2. The summed E-state index contributed by atoms with van der Waals surface area (Å²) in [6.07, 6.45) is 0. The fraction of sp³-hybridized carbons (Fsp3) is 0.0714. The number of ether oxygens (including phenoxy) is 1. The van der Waals surface area contributed by atoms with E-state index in [0.29, 0.717) is 0 Å². The highest BCUT2D eigenvalue weighted by atomic mass is 79.9. The summed E-state index contributed by atoms with van der Waals surface area (Å²) in [4.78, 5) is 14.1. The summed E-state index contributed by atoms with van der Waals surface area (Å²) in [7, 11) is 1.30. The molecule has 0 unspecified atom stereocenters. The number of methoxy groups -OCH3 is 1. The number of aromatic amines is 1. The van der Waals surface area contributed by atoms with Crippen LogP contribution in [0.15, 0.2) is 21.4 Å². The van der Waals surface area contributed by atoms with E-state index in [9.17, 15) is 19.7 Å². The van der Waals surface area contributed by atoms with Crippen molar-refractivity contribution in [2.24, 2.45) is 0 Å². The van der Waals surface area contributed by atoms with Crippen LogP contribution in [-0.4, -0.2) is 12.1 Å². The minimum absolute atomic E-state index is 0.00465. The molecule has 2 aromatic rings. The number of H-pyrrole nitrogens is 1. The molecule has 0 aliphatic rings. The predicted molar refractivity (Wildman–Crippen MR) is 80.6 cm³/mol. The monoisotopic (exact) mass is 362 g/mol. The summed E-state index contributed by atoms with van der Waals surface area (Å²) >= 11 is 3.16. The molecule has 22 heavy (non-hydrogen) atoms. The van der Waals surface area contributed by atoms with E-state index in [-0.39, 0.29) is 38.3 Å². The molecule has 0 atom stereocenters. The van der Waals surface area contributed by atoms with Gasteiger partial charge in [0.1, 0.15) is 40.6 Å². The molecule has 0 saturated carbocycles. The molecule has 110 valence electrons. The summed E-state index contributed by atoms with van der Waals surface area (Å²) < 4.78 is 18.8. The minimum Gasteiger partial charge on any atom is -0.496 e. The van der Waals surface area contributed by atoms with E-state index in [1.807, 2.05) is 6.07 Å². The molecule has 0 saturated heterocycles. The molecule has 0 radical (unpaired) electrons. The van der Waals surface area contributed by atoms with E-state index in [1.54, 1.807) is 6.07 Å². The topological polar surface area (TPSA) is 116 Å². The average molecular weight is 363 g/mol. The van der Waals surface area contributed by atoms with Crippen LogP contribution in [0.25, 0.3) is 11.1 Å². The van der Waals surface area contributed by atoms with Crippen LogP contribution in [0.5, 0.6) is 5.75 Å². The van der Waals surface area contributed by atoms with Crippen molar-refractivity contribution < 1.29 is 9.13 Å². The molecule has 2 rings (SSSR count). The number of hydrogen-bond acceptors (Lipinski definition) is 5. The minimum atomic E-state index is -0.743. The van der Waals surface area contributed by atoms with Gasteiger partial charge in [-0.2, -0.15) is 10.5 Å². The number of rotatable bonds is 2. The lowest BCUT2D eigenvalue weighted by Gasteiger charge is -2.14. The zero-order valence-electron chi connectivity index (χ0n) is 11.2. The second-order valence-electron chi connectivity index (χ2n) is 4.18. The highest BCUT2D eigenvalue weighted by Crippen LogP contribution is 2.40. The number of nitrogens with zero attached hydrogens (tertiary/aromatic N) is 2. The van der Waals surface area contributed by atoms with Crippen LogP contribution in [0.2, 0.25) is 0 Å². The van der Waals surface area contributed by atoms with Crippen LogP contribution in [0.4, 0.5) is 10.2 Å². The Morgan fingerprint density at radius 2 is 1.91 bits per heavy atom. The van der Waals surface area contributed by atoms with E-state index in [4.69, 9.17) is 10.5 Å². The van der Waals surface area contributed by atoms with Gasteiger partial charge in [-0.15, -0.1) is 0 Å². The van der Waals surface area contributed by atoms with Gasteiger partial charge in [-0.25, -0.2) is 4.39 Å². The molecule has 6 nitrogen and oxygen atoms in total. The number of pyridine rings is 1. The highest BCUT2D eigenvalue weighted by Gasteiger charge is 2.23. The lowest BCUT2D eigenvalue weighted by atomic mass is 9.96. The molecule has 8 heteroatoms. The van der Waals surface area contributed by atoms with Crippen LogP contribution in [0, 0.1) is 28.5 Å². The third-order valence-electron chi connectivity index (χ3n) is 2.96. The van der Waals surface area contributed by atoms with Crippen molar-refractivity contribution in [1.29, 1.82) is 10.5 Å². The number of nitriles is 2. The maximum atomic E-state index is 13.5. The Morgan fingerprint density at radius 3 is 2.45 bits per heavy atom. The number of nitrogens with one attached hydrogen (secondary N) is 1. The quantitative estimate of drug-likeness (QED) is 0.849. The Kier molecular flexibility index (Phi) is 4.15. The summed E-state index contributed by atoms with van der Waals surface area (Å²) in [6, 6.07) is 5.80. The van der Waals surface area contributed by atoms with Gasteiger partial charge in [0, 0.05) is 21.7 Å². The van der Waals surface area contributed by atoms with Crippen LogP contribution in [0.3, 0.4) is 0 Å². The number of hydrogen-bond donors (Lipinski definition) is 2. The molecule has 0 spiro atoms. The van der Waals surface area contributed by atoms with Gasteiger partial charge in [0.2, 0.25) is 0 Å². The molecule has 0 fully saturated rings. The van der Waals surface area contributed by atoms with Crippen molar-refractivity contribution in [3.8, 4) is 29.0 Å². The SMILES string of the molecule is COc1cc(F)cc(Br)c1-c1c(C#N)c(N)[nH]c(=O)c1C#N. The predicted octanol–water partition coefficient (Wildman–Crippen LogP) is 2.28. The van der Waals surface area contributed by atoms with Gasteiger partial charge in [0.05, 0.1) is 7.11 Å². The first-order valence-electron chi connectivity index (χ1n) is 5.84. The molecule has 1 aromatic heterocycles. The summed E-state index contributed by atoms with van der Waals surface area (Å²) in [6.45, 7) is 0. The maximum absolute atomic E-state index is 13.5. The molecule has 1 heterocycles. The average Bonchev–Trinajstić information content (AvgIpc) is 2.46. The third-order valence-corrected chi connectivity index (χ3v) is 3.58. The number of benzene rings is 1. The van der Waals surface area contributed by atoms with Crippen molar-refractivity contribution in [2.45, 2.75) is 0 Å². The molecule has 0 bridgehead atoms. The second kappa shape index (κ2) is 5.88. The van der Waals surface area contributed by atoms with E-state index in [1.165, 1.54) is 7.11 Å². The van der Waals surface area contributed by atoms with Crippen LogP contribution in [-0.2, 0) is 0 Å². The Bertz CT molecular complexity index is 909. The van der Waals surface area contributed by atoms with Crippen molar-refractivity contribution in [2.75, 3.05) is 12.8 Å². The summed E-state index contributed by atoms with van der Waals surface area (Å²) in [5.41, 5.74) is 4.70. The fourth-order valence-electron chi connectivity index (χ4n) is 2.05. The van der Waals surface area contributed by atoms with Crippen molar-refractivity contribution >= 4 is 21.7 Å². The van der Waals surface area contributed by atoms with E-state index >= 15 is 0 Å². The Labute approximate surface area is 132 Å². The lowest BCUT2D eigenvalue weighted by Crippen LogP contribution is -2.16. The number of anilines is 1. The number of aromatic nitrogens is 1. The fourth-order valence-corrected chi connectivity index (χ4v) is 2.66. The molecule has 0 amide bonds. The third kappa shape index (κ3) is 2.41.